The van der Waals surface area contributed by atoms with Gasteiger partial charge in [-0.1, -0.05) is 77.0 Å². The Bertz CT molecular complexity index is 642. The Morgan fingerprint density at radius 2 is 1.03 bits per heavy atom. The van der Waals surface area contributed by atoms with Gasteiger partial charge in [0.15, 0.2) is 0 Å². The summed E-state index contributed by atoms with van der Waals surface area (Å²) >= 11 is 0. The van der Waals surface area contributed by atoms with Gasteiger partial charge in [-0.05, 0) is 46.0 Å². The maximum absolute atomic E-state index is 12.0. The van der Waals surface area contributed by atoms with Crippen LogP contribution in [0.5, 0.6) is 0 Å². The maximum atomic E-state index is 12.0. The molecule has 0 aromatic rings. The number of unbranched alkanes of at least 4 members (excludes halogenated alkanes) is 13. The van der Waals surface area contributed by atoms with E-state index in [1.807, 2.05) is 0 Å². The van der Waals surface area contributed by atoms with Crippen molar-refractivity contribution in [3.05, 3.63) is 0 Å². The van der Waals surface area contributed by atoms with Gasteiger partial charge in [-0.2, -0.15) is 0 Å². The number of hydrogen-bond acceptors (Lipinski definition) is 6. The second-order valence-electron chi connectivity index (χ2n) is 11.0. The molecule has 1 unspecified atom stereocenters. The smallest absolute Gasteiger partial charge is 0.236 e. The van der Waals surface area contributed by atoms with Crippen LogP contribution in [0.25, 0.3) is 0 Å². The maximum Gasteiger partial charge on any atom is 0.236 e. The fourth-order valence-electron chi connectivity index (χ4n) is 4.45. The van der Waals surface area contributed by atoms with Crippen molar-refractivity contribution in [2.75, 3.05) is 26.3 Å². The highest BCUT2D eigenvalue weighted by molar-refractivity contribution is 5.81. The lowest BCUT2D eigenvalue weighted by molar-refractivity contribution is -0.122. The predicted octanol–water partition coefficient (Wildman–Crippen LogP) is 5.54. The number of hydrogen-bond donors (Lipinski definition) is 3. The molecule has 4 N–H and O–H groups in total. The molecule has 0 fully saturated rings. The third kappa shape index (κ3) is 29.0. The highest BCUT2D eigenvalue weighted by Crippen LogP contribution is 2.13. The number of carbonyl (C=O) groups is 4. The minimum atomic E-state index is -0.589. The summed E-state index contributed by atoms with van der Waals surface area (Å²) in [5.74, 6) is 0.335. The minimum absolute atomic E-state index is 0.0776. The van der Waals surface area contributed by atoms with Crippen molar-refractivity contribution >= 4 is 23.4 Å². The Morgan fingerprint density at radius 3 is 1.54 bits per heavy atom. The molecule has 1 atom stereocenters. The van der Waals surface area contributed by atoms with E-state index in [-0.39, 0.29) is 17.6 Å². The number of ether oxygens (including phenoxy) is 1. The van der Waals surface area contributed by atoms with Crippen LogP contribution in [0.4, 0.5) is 0 Å². The second-order valence-corrected chi connectivity index (χ2v) is 11.0. The molecule has 0 heterocycles. The fourth-order valence-corrected chi connectivity index (χ4v) is 4.45. The topological polar surface area (TPSA) is 128 Å². The van der Waals surface area contributed by atoms with Gasteiger partial charge in [-0.3, -0.25) is 9.59 Å². The minimum Gasteiger partial charge on any atom is -0.380 e. The molecule has 2 amide bonds. The zero-order chi connectivity index (χ0) is 29.0. The van der Waals surface area contributed by atoms with Crippen LogP contribution in [0.1, 0.15) is 142 Å². The molecule has 0 spiro atoms. The second kappa shape index (κ2) is 27.8. The molecule has 39 heavy (non-hydrogen) atoms. The van der Waals surface area contributed by atoms with E-state index in [4.69, 9.17) is 10.5 Å². The molecule has 8 heteroatoms. The Hall–Kier alpha value is -1.80. The summed E-state index contributed by atoms with van der Waals surface area (Å²) < 4.78 is 5.37. The summed E-state index contributed by atoms with van der Waals surface area (Å²) in [5.41, 5.74) is 5.92. The molecule has 0 aromatic carbocycles. The van der Waals surface area contributed by atoms with Crippen LogP contribution < -0.4 is 16.4 Å². The van der Waals surface area contributed by atoms with Crippen LogP contribution >= 0.6 is 0 Å². The third-order valence-corrected chi connectivity index (χ3v) is 6.90. The lowest BCUT2D eigenvalue weighted by Gasteiger charge is -2.12. The standard InChI is InChI=1S/C31H59N3O5/c1-27(35)19-15-13-11-9-7-5-3-4-6-8-10-12-14-16-22-30(37)33-23-17-21-29(32)31(38)34-24-26-39-25-18-20-28(2)36/h29H,3-26,32H2,1-2H3,(H,33,37)(H,34,38). The SMILES string of the molecule is CC(=O)CCCCCCCCCCCCCCCCC(=O)NCCCC(N)C(=O)NCCOCCCC(C)=O. The Labute approximate surface area is 238 Å². The Balaban J connectivity index is 3.39. The van der Waals surface area contributed by atoms with E-state index in [1.165, 1.54) is 70.6 Å². The first kappa shape index (κ1) is 37.2. The largest absolute Gasteiger partial charge is 0.380 e. The van der Waals surface area contributed by atoms with Crippen LogP contribution in [-0.2, 0) is 23.9 Å². The summed E-state index contributed by atoms with van der Waals surface area (Å²) in [6.45, 7) is 5.08. The number of amides is 2. The van der Waals surface area contributed by atoms with Gasteiger partial charge >= 0.3 is 0 Å². The quantitative estimate of drug-likeness (QED) is 0.104. The van der Waals surface area contributed by atoms with Gasteiger partial charge in [-0.15, -0.1) is 0 Å². The predicted molar refractivity (Wildman–Crippen MR) is 159 cm³/mol. The van der Waals surface area contributed by atoms with E-state index < -0.39 is 6.04 Å². The summed E-state index contributed by atoms with van der Waals surface area (Å²) in [6, 6.07) is -0.589. The van der Waals surface area contributed by atoms with Gasteiger partial charge in [0.2, 0.25) is 11.8 Å². The molecule has 0 saturated heterocycles. The van der Waals surface area contributed by atoms with Crippen LogP contribution in [0, 0.1) is 0 Å². The first-order valence-corrected chi connectivity index (χ1v) is 15.7. The molecule has 228 valence electrons. The van der Waals surface area contributed by atoms with Gasteiger partial charge in [0.1, 0.15) is 11.6 Å². The first-order valence-electron chi connectivity index (χ1n) is 15.7. The van der Waals surface area contributed by atoms with Crippen molar-refractivity contribution in [3.8, 4) is 0 Å². The molecule has 0 rings (SSSR count). The number of ketones is 2. The fraction of sp³-hybridized carbons (Fsp3) is 0.871. The molecule has 8 nitrogen and oxygen atoms in total. The first-order chi connectivity index (χ1) is 18.8. The van der Waals surface area contributed by atoms with Gasteiger partial charge in [0.25, 0.3) is 0 Å². The van der Waals surface area contributed by atoms with E-state index >= 15 is 0 Å². The van der Waals surface area contributed by atoms with Crippen LogP contribution in [0.15, 0.2) is 0 Å². The molecule has 0 aromatic heterocycles. The zero-order valence-corrected chi connectivity index (χ0v) is 25.2. The van der Waals surface area contributed by atoms with Crippen molar-refractivity contribution in [1.82, 2.24) is 10.6 Å². The van der Waals surface area contributed by atoms with Gasteiger partial charge in [0.05, 0.1) is 12.6 Å². The monoisotopic (exact) mass is 553 g/mol. The van der Waals surface area contributed by atoms with Crippen molar-refractivity contribution in [1.29, 1.82) is 0 Å². The van der Waals surface area contributed by atoms with Crippen LogP contribution in [-0.4, -0.2) is 55.7 Å². The van der Waals surface area contributed by atoms with Gasteiger partial charge < -0.3 is 30.7 Å². The van der Waals surface area contributed by atoms with E-state index in [0.717, 1.165) is 25.7 Å². The highest BCUT2D eigenvalue weighted by Gasteiger charge is 2.12. The lowest BCUT2D eigenvalue weighted by atomic mass is 10.0. The van der Waals surface area contributed by atoms with E-state index in [9.17, 15) is 19.2 Å². The average Bonchev–Trinajstić information content (AvgIpc) is 2.89. The van der Waals surface area contributed by atoms with Crippen molar-refractivity contribution in [2.24, 2.45) is 5.73 Å². The number of nitrogens with two attached hydrogens (primary N) is 1. The molecule has 0 bridgehead atoms. The molecule has 0 saturated carbocycles. The zero-order valence-electron chi connectivity index (χ0n) is 25.2. The normalized spacial score (nSPS) is 11.8. The lowest BCUT2D eigenvalue weighted by Crippen LogP contribution is -2.42. The van der Waals surface area contributed by atoms with Gasteiger partial charge in [-0.25, -0.2) is 0 Å². The Kier molecular flexibility index (Phi) is 26.5. The van der Waals surface area contributed by atoms with Crippen molar-refractivity contribution in [3.63, 3.8) is 0 Å². The third-order valence-electron chi connectivity index (χ3n) is 6.90. The number of nitrogens with one attached hydrogen (secondary N) is 2. The summed E-state index contributed by atoms with van der Waals surface area (Å²) in [5, 5.41) is 5.68. The number of Topliss-reactive ketones (excluding diaryl/α,β-unsaturated/α-hetero) is 2. The molecular weight excluding hydrogens is 494 g/mol. The summed E-state index contributed by atoms with van der Waals surface area (Å²) in [6.07, 6.45) is 20.9. The van der Waals surface area contributed by atoms with E-state index in [0.29, 0.717) is 64.2 Å². The summed E-state index contributed by atoms with van der Waals surface area (Å²) in [4.78, 5) is 45.8. The summed E-state index contributed by atoms with van der Waals surface area (Å²) in [7, 11) is 0. The Morgan fingerprint density at radius 1 is 0.564 bits per heavy atom. The van der Waals surface area contributed by atoms with Gasteiger partial charge in [0, 0.05) is 39.0 Å². The van der Waals surface area contributed by atoms with Crippen LogP contribution in [0.2, 0.25) is 0 Å². The van der Waals surface area contributed by atoms with Crippen LogP contribution in [0.3, 0.4) is 0 Å². The molecule has 0 radical (unpaired) electrons. The van der Waals surface area contributed by atoms with Crippen molar-refractivity contribution < 1.29 is 23.9 Å². The number of rotatable bonds is 29. The molecule has 0 aliphatic heterocycles. The van der Waals surface area contributed by atoms with E-state index in [2.05, 4.69) is 10.6 Å². The van der Waals surface area contributed by atoms with Crippen molar-refractivity contribution in [2.45, 2.75) is 148 Å². The van der Waals surface area contributed by atoms with E-state index in [1.54, 1.807) is 13.8 Å². The molecule has 0 aliphatic carbocycles. The molecule has 0 aliphatic rings. The molecular formula is C31H59N3O5. The average molecular weight is 554 g/mol. The number of carbonyl (C=O) groups excluding carboxylic acids is 4. The highest BCUT2D eigenvalue weighted by atomic mass is 16.5.